The molecule has 0 saturated carbocycles. The molecule has 184 valence electrons. The van der Waals surface area contributed by atoms with Gasteiger partial charge in [-0.2, -0.15) is 0 Å². The zero-order valence-electron chi connectivity index (χ0n) is 20.0. The maximum atomic E-state index is 10.9. The molecular formula is C25H33N3O5P-. The topological polar surface area (TPSA) is 125 Å². The van der Waals surface area contributed by atoms with Gasteiger partial charge < -0.3 is 34.3 Å². The molecule has 4 N–H and O–H groups in total. The molecule has 1 atom stereocenters. The molecule has 0 aliphatic carbocycles. The van der Waals surface area contributed by atoms with Crippen LogP contribution in [0.3, 0.4) is 0 Å². The van der Waals surface area contributed by atoms with E-state index < -0.39 is 7.82 Å². The third-order valence-electron chi connectivity index (χ3n) is 5.55. The standard InChI is InChI=1S/C13H18NO4P.C12H16N2O/c1-9(2)6-7-10-8-14-11-4-3-5-12(13(10)11)18-19(15,16)17;1-14(2)7-6-9-8-13-10-4-3-5-11(15)12(9)10/h3-5,8-9,14H,6-7H2,1-2H3,(H2,15,16,17);3-5,8,13,15H,6-7H2,1-2H3/p-1. The van der Waals surface area contributed by atoms with Gasteiger partial charge in [0.1, 0.15) is 11.5 Å². The summed E-state index contributed by atoms with van der Waals surface area (Å²) >= 11 is 0. The highest BCUT2D eigenvalue weighted by atomic mass is 31.2. The molecule has 4 rings (SSSR count). The van der Waals surface area contributed by atoms with Crippen molar-refractivity contribution in [2.45, 2.75) is 33.1 Å². The van der Waals surface area contributed by atoms with Gasteiger partial charge in [0.05, 0.1) is 0 Å². The number of hydrogen-bond donors (Lipinski definition) is 4. The van der Waals surface area contributed by atoms with E-state index in [1.165, 1.54) is 11.6 Å². The predicted octanol–water partition coefficient (Wildman–Crippen LogP) is 4.57. The summed E-state index contributed by atoms with van der Waals surface area (Å²) in [5.74, 6) is 1.09. The van der Waals surface area contributed by atoms with Crippen LogP contribution in [0.2, 0.25) is 0 Å². The van der Waals surface area contributed by atoms with Gasteiger partial charge in [-0.05, 0) is 74.7 Å². The van der Waals surface area contributed by atoms with E-state index in [1.54, 1.807) is 12.1 Å². The van der Waals surface area contributed by atoms with Crippen LogP contribution in [0.4, 0.5) is 0 Å². The second-order valence-electron chi connectivity index (χ2n) is 9.05. The molecule has 0 radical (unpaired) electrons. The number of aromatic hydroxyl groups is 1. The number of H-pyrrole nitrogens is 2. The number of aromatic amines is 2. The Kier molecular flexibility index (Phi) is 8.44. The quantitative estimate of drug-likeness (QED) is 0.270. The van der Waals surface area contributed by atoms with E-state index in [4.69, 9.17) is 4.89 Å². The Balaban J connectivity index is 0.000000196. The summed E-state index contributed by atoms with van der Waals surface area (Å²) in [5, 5.41) is 11.4. The Morgan fingerprint density at radius 3 is 2.18 bits per heavy atom. The first-order valence-corrected chi connectivity index (χ1v) is 12.8. The second kappa shape index (κ2) is 11.1. The highest BCUT2D eigenvalue weighted by molar-refractivity contribution is 7.45. The first-order valence-electron chi connectivity index (χ1n) is 11.3. The Morgan fingerprint density at radius 1 is 1.00 bits per heavy atom. The monoisotopic (exact) mass is 486 g/mol. The van der Waals surface area contributed by atoms with Crippen LogP contribution in [-0.4, -0.2) is 45.5 Å². The summed E-state index contributed by atoms with van der Waals surface area (Å²) < 4.78 is 15.6. The maximum absolute atomic E-state index is 10.9. The third kappa shape index (κ3) is 6.87. The third-order valence-corrected chi connectivity index (χ3v) is 5.98. The minimum atomic E-state index is -4.79. The smallest absolute Gasteiger partial charge is 0.317 e. The molecule has 2 aromatic heterocycles. The van der Waals surface area contributed by atoms with Crippen molar-refractivity contribution in [3.63, 3.8) is 0 Å². The van der Waals surface area contributed by atoms with Crippen molar-refractivity contribution in [3.05, 3.63) is 59.9 Å². The summed E-state index contributed by atoms with van der Waals surface area (Å²) in [7, 11) is -0.689. The Hall–Kier alpha value is -2.77. The Labute approximate surface area is 199 Å². The molecule has 8 nitrogen and oxygen atoms in total. The zero-order valence-corrected chi connectivity index (χ0v) is 20.9. The largest absolute Gasteiger partial charge is 0.746 e. The maximum Gasteiger partial charge on any atom is 0.317 e. The van der Waals surface area contributed by atoms with E-state index in [1.807, 2.05) is 30.6 Å². The number of aromatic nitrogens is 2. The molecule has 0 fully saturated rings. The molecule has 0 aliphatic heterocycles. The lowest BCUT2D eigenvalue weighted by Crippen LogP contribution is -2.14. The number of nitrogens with zero attached hydrogens (tertiary/aromatic N) is 1. The van der Waals surface area contributed by atoms with E-state index in [0.717, 1.165) is 47.8 Å². The van der Waals surface area contributed by atoms with Crippen molar-refractivity contribution in [2.75, 3.05) is 20.6 Å². The van der Waals surface area contributed by atoms with Gasteiger partial charge >= 0.3 is 7.82 Å². The van der Waals surface area contributed by atoms with Crippen LogP contribution >= 0.6 is 7.82 Å². The SMILES string of the molecule is CC(C)CCc1c[nH]c2cccc(OP(=O)([O-])O)c12.CN(C)CCc1c[nH]c2cccc(O)c12. The number of rotatable bonds is 8. The molecule has 0 aliphatic rings. The summed E-state index contributed by atoms with van der Waals surface area (Å²) in [6, 6.07) is 10.6. The molecular weight excluding hydrogens is 453 g/mol. The fraction of sp³-hybridized carbons (Fsp3) is 0.360. The predicted molar refractivity (Wildman–Crippen MR) is 134 cm³/mol. The van der Waals surface area contributed by atoms with Crippen LogP contribution in [0, 0.1) is 5.92 Å². The lowest BCUT2D eigenvalue weighted by atomic mass is 10.0. The number of hydrogen-bond acceptors (Lipinski definition) is 5. The fourth-order valence-corrected chi connectivity index (χ4v) is 4.24. The first kappa shape index (κ1) is 25.8. The van der Waals surface area contributed by atoms with Gasteiger partial charge in [0.2, 0.25) is 0 Å². The fourth-order valence-electron chi connectivity index (χ4n) is 3.84. The van der Waals surface area contributed by atoms with Crippen molar-refractivity contribution in [1.82, 2.24) is 14.9 Å². The summed E-state index contributed by atoms with van der Waals surface area (Å²) in [6.07, 6.45) is 6.60. The van der Waals surface area contributed by atoms with Crippen molar-refractivity contribution in [3.8, 4) is 11.5 Å². The summed E-state index contributed by atoms with van der Waals surface area (Å²) in [4.78, 5) is 28.1. The summed E-state index contributed by atoms with van der Waals surface area (Å²) in [6.45, 7) is 5.25. The van der Waals surface area contributed by atoms with Crippen LogP contribution < -0.4 is 9.42 Å². The zero-order chi connectivity index (χ0) is 24.9. The molecule has 1 unspecified atom stereocenters. The number of likely N-dealkylation sites (N-methyl/N-ethyl adjacent to an activating group) is 1. The van der Waals surface area contributed by atoms with Gasteiger partial charge in [-0.3, -0.25) is 4.57 Å². The van der Waals surface area contributed by atoms with E-state index >= 15 is 0 Å². The average Bonchev–Trinajstić information content (AvgIpc) is 3.35. The number of phenolic OH excluding ortho intramolecular Hbond substituents is 1. The van der Waals surface area contributed by atoms with Crippen molar-refractivity contribution < 1.29 is 24.0 Å². The molecule has 9 heteroatoms. The first-order chi connectivity index (χ1) is 16.0. The van der Waals surface area contributed by atoms with Gasteiger partial charge in [-0.25, -0.2) is 0 Å². The Bertz CT molecular complexity index is 1270. The van der Waals surface area contributed by atoms with E-state index in [9.17, 15) is 14.6 Å². The highest BCUT2D eigenvalue weighted by Gasteiger charge is 2.13. The molecule has 4 aromatic rings. The lowest BCUT2D eigenvalue weighted by Gasteiger charge is -2.17. The lowest BCUT2D eigenvalue weighted by molar-refractivity contribution is -0.211. The molecule has 0 bridgehead atoms. The van der Waals surface area contributed by atoms with Gasteiger partial charge in [-0.1, -0.05) is 26.0 Å². The molecule has 34 heavy (non-hydrogen) atoms. The average molecular weight is 487 g/mol. The van der Waals surface area contributed by atoms with Gasteiger partial charge in [-0.15, -0.1) is 0 Å². The van der Waals surface area contributed by atoms with Gasteiger partial charge in [0, 0.05) is 40.7 Å². The number of aryl methyl sites for hydroxylation is 1. The molecule has 0 saturated heterocycles. The highest BCUT2D eigenvalue weighted by Crippen LogP contribution is 2.39. The van der Waals surface area contributed by atoms with Gasteiger partial charge in [0.15, 0.2) is 0 Å². The van der Waals surface area contributed by atoms with E-state index in [-0.39, 0.29) is 5.75 Å². The molecule has 0 amide bonds. The van der Waals surface area contributed by atoms with Gasteiger partial charge in [0.25, 0.3) is 0 Å². The molecule has 2 heterocycles. The number of benzene rings is 2. The van der Waals surface area contributed by atoms with E-state index in [0.29, 0.717) is 17.1 Å². The van der Waals surface area contributed by atoms with Crippen LogP contribution in [0.15, 0.2) is 48.8 Å². The molecule has 0 spiro atoms. The van der Waals surface area contributed by atoms with Crippen molar-refractivity contribution in [1.29, 1.82) is 0 Å². The number of nitrogens with one attached hydrogen (secondary N) is 2. The minimum Gasteiger partial charge on any atom is -0.746 e. The van der Waals surface area contributed by atoms with E-state index in [2.05, 4.69) is 47.3 Å². The van der Waals surface area contributed by atoms with Crippen molar-refractivity contribution >= 4 is 29.6 Å². The minimum absolute atomic E-state index is 0.165. The number of phosphoric acid groups is 1. The molecule has 2 aromatic carbocycles. The Morgan fingerprint density at radius 2 is 1.59 bits per heavy atom. The van der Waals surface area contributed by atoms with Crippen LogP contribution in [0.1, 0.15) is 31.4 Å². The number of phenols is 1. The summed E-state index contributed by atoms with van der Waals surface area (Å²) in [5.41, 5.74) is 3.97. The number of fused-ring (bicyclic) bond motifs is 2. The number of phosphoric ester groups is 1. The van der Waals surface area contributed by atoms with Crippen molar-refractivity contribution in [2.24, 2.45) is 5.92 Å². The van der Waals surface area contributed by atoms with Crippen LogP contribution in [-0.2, 0) is 17.4 Å². The van der Waals surface area contributed by atoms with Crippen LogP contribution in [0.5, 0.6) is 11.5 Å². The normalized spacial score (nSPS) is 13.3. The second-order valence-corrected chi connectivity index (χ2v) is 10.2. The van der Waals surface area contributed by atoms with Crippen LogP contribution in [0.25, 0.3) is 21.8 Å².